The zero-order valence-electron chi connectivity index (χ0n) is 14.5. The summed E-state index contributed by atoms with van der Waals surface area (Å²) in [6, 6.07) is 7.93. The fourth-order valence-electron chi connectivity index (χ4n) is 3.98. The molecular weight excluding hydrogens is 318 g/mol. The van der Waals surface area contributed by atoms with Gasteiger partial charge in [-0.1, -0.05) is 18.2 Å². The van der Waals surface area contributed by atoms with Gasteiger partial charge in [-0.15, -0.1) is 0 Å². The minimum atomic E-state index is -0.865. The summed E-state index contributed by atoms with van der Waals surface area (Å²) in [5.74, 6) is -0.0560. The number of benzene rings is 1. The molecule has 1 aliphatic carbocycles. The van der Waals surface area contributed by atoms with Crippen molar-refractivity contribution in [2.24, 2.45) is 5.41 Å². The Morgan fingerprint density at radius 3 is 2.16 bits per heavy atom. The van der Waals surface area contributed by atoms with E-state index < -0.39 is 5.41 Å². The molecule has 1 saturated carbocycles. The third-order valence-electron chi connectivity index (χ3n) is 5.71. The normalized spacial score (nSPS) is 21.1. The molecule has 1 saturated heterocycles. The van der Waals surface area contributed by atoms with Crippen LogP contribution in [-0.2, 0) is 20.8 Å². The topological polar surface area (TPSA) is 60.9 Å². The van der Waals surface area contributed by atoms with Gasteiger partial charge >= 0.3 is 0 Å². The number of amides is 3. The Kier molecular flexibility index (Phi) is 3.78. The first kappa shape index (κ1) is 16.1. The monoisotopic (exact) mass is 341 g/mol. The molecule has 0 atom stereocenters. The largest absolute Gasteiger partial charge is 0.339 e. The smallest absolute Gasteiger partial charge is 0.242 e. The van der Waals surface area contributed by atoms with Crippen molar-refractivity contribution in [3.05, 3.63) is 29.8 Å². The second-order valence-corrected chi connectivity index (χ2v) is 7.22. The summed E-state index contributed by atoms with van der Waals surface area (Å²) in [6.45, 7) is 4.35. The van der Waals surface area contributed by atoms with E-state index in [1.54, 1.807) is 21.6 Å². The Hall–Kier alpha value is -2.37. The number of para-hydroxylation sites is 1. The van der Waals surface area contributed by atoms with Gasteiger partial charge in [-0.2, -0.15) is 0 Å². The van der Waals surface area contributed by atoms with Gasteiger partial charge in [0.1, 0.15) is 5.41 Å². The summed E-state index contributed by atoms with van der Waals surface area (Å²) in [6.07, 6.45) is 2.12. The summed E-state index contributed by atoms with van der Waals surface area (Å²) in [5, 5.41) is 0. The van der Waals surface area contributed by atoms with Crippen molar-refractivity contribution in [2.45, 2.75) is 26.2 Å². The Morgan fingerprint density at radius 1 is 0.880 bits per heavy atom. The molecule has 1 aromatic carbocycles. The zero-order chi connectivity index (χ0) is 17.6. The highest BCUT2D eigenvalue weighted by molar-refractivity contribution is 6.14. The van der Waals surface area contributed by atoms with Gasteiger partial charge in [0, 0.05) is 45.3 Å². The van der Waals surface area contributed by atoms with E-state index in [-0.39, 0.29) is 17.7 Å². The first-order valence-corrected chi connectivity index (χ1v) is 8.98. The molecular formula is C19H23N3O3. The van der Waals surface area contributed by atoms with Crippen molar-refractivity contribution in [3.8, 4) is 0 Å². The molecule has 0 spiro atoms. The fraction of sp³-hybridized carbons (Fsp3) is 0.526. The molecule has 3 amide bonds. The Morgan fingerprint density at radius 2 is 1.52 bits per heavy atom. The Balaban J connectivity index is 1.48. The first-order chi connectivity index (χ1) is 12.0. The number of nitrogens with zero attached hydrogens (tertiary/aromatic N) is 3. The Bertz CT molecular complexity index is 733. The molecule has 0 bridgehead atoms. The van der Waals surface area contributed by atoms with E-state index in [9.17, 15) is 14.4 Å². The lowest BCUT2D eigenvalue weighted by Crippen LogP contribution is -2.54. The quantitative estimate of drug-likeness (QED) is 0.756. The van der Waals surface area contributed by atoms with Crippen LogP contribution >= 0.6 is 0 Å². The minimum absolute atomic E-state index is 0.0398. The van der Waals surface area contributed by atoms with E-state index in [1.807, 2.05) is 24.3 Å². The predicted molar refractivity (Wildman–Crippen MR) is 93.0 cm³/mol. The van der Waals surface area contributed by atoms with Crippen LogP contribution in [0.5, 0.6) is 0 Å². The molecule has 0 radical (unpaired) electrons. The van der Waals surface area contributed by atoms with Crippen molar-refractivity contribution in [3.63, 3.8) is 0 Å². The van der Waals surface area contributed by atoms with Crippen LogP contribution in [0, 0.1) is 5.41 Å². The van der Waals surface area contributed by atoms with Crippen LogP contribution in [0.25, 0.3) is 0 Å². The van der Waals surface area contributed by atoms with Gasteiger partial charge in [-0.3, -0.25) is 14.4 Å². The van der Waals surface area contributed by atoms with E-state index in [4.69, 9.17) is 0 Å². The third-order valence-corrected chi connectivity index (χ3v) is 5.71. The van der Waals surface area contributed by atoms with Gasteiger partial charge in [0.15, 0.2) is 0 Å². The highest BCUT2D eigenvalue weighted by atomic mass is 16.2. The maximum atomic E-state index is 13.2. The lowest BCUT2D eigenvalue weighted by molar-refractivity contribution is -0.146. The summed E-state index contributed by atoms with van der Waals surface area (Å²) in [7, 11) is 0. The molecule has 2 fully saturated rings. The second-order valence-electron chi connectivity index (χ2n) is 7.22. The molecule has 6 nitrogen and oxygen atoms in total. The van der Waals surface area contributed by atoms with E-state index in [0.29, 0.717) is 45.6 Å². The third kappa shape index (κ3) is 2.60. The SMILES string of the molecule is CC(=O)N1CCN(C(=O)C2(C(=O)N3CCc4ccccc43)CC2)CC1. The van der Waals surface area contributed by atoms with E-state index in [2.05, 4.69) is 0 Å². The molecule has 4 rings (SSSR count). The molecule has 0 N–H and O–H groups in total. The lowest BCUT2D eigenvalue weighted by Gasteiger charge is -2.36. The number of carbonyl (C=O) groups is 3. The summed E-state index contributed by atoms with van der Waals surface area (Å²) in [5.41, 5.74) is 1.26. The van der Waals surface area contributed by atoms with Crippen LogP contribution in [0.15, 0.2) is 24.3 Å². The van der Waals surface area contributed by atoms with Crippen LogP contribution in [0.2, 0.25) is 0 Å². The van der Waals surface area contributed by atoms with Crippen LogP contribution < -0.4 is 4.90 Å². The molecule has 1 aromatic rings. The van der Waals surface area contributed by atoms with Crippen molar-refractivity contribution in [1.82, 2.24) is 9.80 Å². The van der Waals surface area contributed by atoms with E-state index in [0.717, 1.165) is 12.1 Å². The predicted octanol–water partition coefficient (Wildman–Crippen LogP) is 1.05. The average molecular weight is 341 g/mol. The molecule has 0 aromatic heterocycles. The van der Waals surface area contributed by atoms with Gasteiger partial charge in [0.2, 0.25) is 17.7 Å². The summed E-state index contributed by atoms with van der Waals surface area (Å²) >= 11 is 0. The number of piperazine rings is 1. The second kappa shape index (κ2) is 5.86. The van der Waals surface area contributed by atoms with Crippen molar-refractivity contribution < 1.29 is 14.4 Å². The highest BCUT2D eigenvalue weighted by Gasteiger charge is 2.60. The number of anilines is 1. The molecule has 2 aliphatic heterocycles. The number of hydrogen-bond donors (Lipinski definition) is 0. The molecule has 6 heteroatoms. The van der Waals surface area contributed by atoms with Crippen LogP contribution in [-0.4, -0.2) is 60.2 Å². The van der Waals surface area contributed by atoms with Crippen LogP contribution in [0.1, 0.15) is 25.3 Å². The average Bonchev–Trinajstić information content (AvgIpc) is 3.34. The maximum absolute atomic E-state index is 13.2. The standard InChI is InChI=1S/C19H23N3O3/c1-14(23)20-10-12-21(13-11-20)17(24)19(7-8-19)18(25)22-9-6-15-4-2-3-5-16(15)22/h2-5H,6-13H2,1H3. The summed E-state index contributed by atoms with van der Waals surface area (Å²) < 4.78 is 0. The minimum Gasteiger partial charge on any atom is -0.339 e. The highest BCUT2D eigenvalue weighted by Crippen LogP contribution is 2.50. The molecule has 0 unspecified atom stereocenters. The van der Waals surface area contributed by atoms with Gasteiger partial charge < -0.3 is 14.7 Å². The van der Waals surface area contributed by atoms with Crippen molar-refractivity contribution >= 4 is 23.4 Å². The van der Waals surface area contributed by atoms with Crippen LogP contribution in [0.3, 0.4) is 0 Å². The van der Waals surface area contributed by atoms with Gasteiger partial charge in [0.25, 0.3) is 0 Å². The number of fused-ring (bicyclic) bond motifs is 1. The van der Waals surface area contributed by atoms with Crippen LogP contribution in [0.4, 0.5) is 5.69 Å². The van der Waals surface area contributed by atoms with E-state index >= 15 is 0 Å². The number of rotatable bonds is 2. The first-order valence-electron chi connectivity index (χ1n) is 8.98. The molecule has 132 valence electrons. The molecule has 2 heterocycles. The van der Waals surface area contributed by atoms with Gasteiger partial charge in [-0.05, 0) is 30.9 Å². The Labute approximate surface area is 147 Å². The summed E-state index contributed by atoms with van der Waals surface area (Å²) in [4.78, 5) is 43.0. The lowest BCUT2D eigenvalue weighted by atomic mass is 10.0. The van der Waals surface area contributed by atoms with Crippen molar-refractivity contribution in [1.29, 1.82) is 0 Å². The fourth-order valence-corrected chi connectivity index (χ4v) is 3.98. The van der Waals surface area contributed by atoms with Gasteiger partial charge in [0.05, 0.1) is 0 Å². The number of hydrogen-bond acceptors (Lipinski definition) is 3. The van der Waals surface area contributed by atoms with Crippen molar-refractivity contribution in [2.75, 3.05) is 37.6 Å². The van der Waals surface area contributed by atoms with E-state index in [1.165, 1.54) is 5.56 Å². The van der Waals surface area contributed by atoms with Gasteiger partial charge in [-0.25, -0.2) is 0 Å². The molecule has 25 heavy (non-hydrogen) atoms. The molecule has 3 aliphatic rings. The maximum Gasteiger partial charge on any atom is 0.242 e. The zero-order valence-corrected chi connectivity index (χ0v) is 14.5. The number of carbonyl (C=O) groups excluding carboxylic acids is 3.